The van der Waals surface area contributed by atoms with E-state index in [0.717, 1.165) is 37.2 Å². The Kier molecular flexibility index (Phi) is 6.26. The summed E-state index contributed by atoms with van der Waals surface area (Å²) in [4.78, 5) is 27.1. The molecule has 2 aromatic rings. The molecule has 1 aliphatic heterocycles. The number of nitro benzene ring substituents is 1. The normalized spacial score (nSPS) is 15.3. The van der Waals surface area contributed by atoms with Crippen molar-refractivity contribution in [2.24, 2.45) is 0 Å². The fourth-order valence-corrected chi connectivity index (χ4v) is 3.47. The van der Waals surface area contributed by atoms with Gasteiger partial charge in [-0.2, -0.15) is 0 Å². The van der Waals surface area contributed by atoms with Crippen LogP contribution in [0.15, 0.2) is 36.4 Å². The van der Waals surface area contributed by atoms with Crippen LogP contribution in [-0.2, 0) is 6.54 Å². The number of nitrogens with zero attached hydrogens (tertiary/aromatic N) is 3. The van der Waals surface area contributed by atoms with Gasteiger partial charge in [0.2, 0.25) is 0 Å². The summed E-state index contributed by atoms with van der Waals surface area (Å²) in [6, 6.07) is 9.90. The number of carbonyl (C=O) groups excluding carboxylic acids is 1. The second kappa shape index (κ2) is 8.67. The molecular formula is C20H21ClFN3O3. The molecule has 0 aromatic heterocycles. The molecule has 0 aliphatic carbocycles. The summed E-state index contributed by atoms with van der Waals surface area (Å²) < 4.78 is 14.0. The first kappa shape index (κ1) is 20.2. The first-order valence-electron chi connectivity index (χ1n) is 9.06. The van der Waals surface area contributed by atoms with Gasteiger partial charge in [0.25, 0.3) is 11.6 Å². The summed E-state index contributed by atoms with van der Waals surface area (Å²) in [5, 5.41) is 11.8. The maximum Gasteiger partial charge on any atom is 0.276 e. The van der Waals surface area contributed by atoms with E-state index in [0.29, 0.717) is 24.7 Å². The van der Waals surface area contributed by atoms with Gasteiger partial charge in [-0.3, -0.25) is 19.8 Å². The first-order chi connectivity index (χ1) is 13.3. The molecule has 0 saturated carbocycles. The van der Waals surface area contributed by atoms with E-state index in [1.807, 2.05) is 24.3 Å². The van der Waals surface area contributed by atoms with Gasteiger partial charge in [-0.15, -0.1) is 0 Å². The standard InChI is InChI=1S/C20H21ClFN3O3/c1-14-18(22)11-16(12-19(14)25(27)28)20(26)24-8-2-7-23(9-10-24)13-15-3-5-17(21)6-4-15/h3-6,11-12H,2,7-10,13H2,1H3. The van der Waals surface area contributed by atoms with Crippen LogP contribution in [-0.4, -0.2) is 46.8 Å². The number of benzene rings is 2. The molecule has 1 amide bonds. The van der Waals surface area contributed by atoms with E-state index in [2.05, 4.69) is 4.90 Å². The van der Waals surface area contributed by atoms with Crippen LogP contribution in [0.2, 0.25) is 5.02 Å². The van der Waals surface area contributed by atoms with Gasteiger partial charge < -0.3 is 4.90 Å². The number of hydrogen-bond acceptors (Lipinski definition) is 4. The lowest BCUT2D eigenvalue weighted by Crippen LogP contribution is -2.35. The average molecular weight is 406 g/mol. The van der Waals surface area contributed by atoms with E-state index >= 15 is 0 Å². The van der Waals surface area contributed by atoms with E-state index in [9.17, 15) is 19.3 Å². The molecule has 2 aromatic carbocycles. The number of nitro groups is 1. The molecule has 1 aliphatic rings. The second-order valence-corrected chi connectivity index (χ2v) is 7.34. The molecule has 0 N–H and O–H groups in total. The van der Waals surface area contributed by atoms with Gasteiger partial charge in [-0.05, 0) is 37.1 Å². The van der Waals surface area contributed by atoms with E-state index in [1.54, 1.807) is 4.90 Å². The summed E-state index contributed by atoms with van der Waals surface area (Å²) >= 11 is 5.92. The minimum absolute atomic E-state index is 0.0148. The summed E-state index contributed by atoms with van der Waals surface area (Å²) in [6.45, 7) is 4.60. The van der Waals surface area contributed by atoms with Crippen molar-refractivity contribution in [1.29, 1.82) is 0 Å². The van der Waals surface area contributed by atoms with Crippen LogP contribution < -0.4 is 0 Å². The Balaban J connectivity index is 1.69. The average Bonchev–Trinajstić information content (AvgIpc) is 2.90. The molecule has 0 radical (unpaired) electrons. The van der Waals surface area contributed by atoms with Crippen LogP contribution in [0, 0.1) is 22.9 Å². The van der Waals surface area contributed by atoms with Crippen molar-refractivity contribution in [3.63, 3.8) is 0 Å². The molecule has 1 heterocycles. The van der Waals surface area contributed by atoms with Gasteiger partial charge in [0.05, 0.1) is 10.5 Å². The van der Waals surface area contributed by atoms with Crippen LogP contribution >= 0.6 is 11.6 Å². The van der Waals surface area contributed by atoms with Gasteiger partial charge in [-0.25, -0.2) is 4.39 Å². The molecule has 0 unspecified atom stereocenters. The molecular weight excluding hydrogens is 385 g/mol. The third kappa shape index (κ3) is 4.66. The predicted octanol–water partition coefficient (Wildman–Crippen LogP) is 4.04. The first-order valence-corrected chi connectivity index (χ1v) is 9.43. The van der Waals surface area contributed by atoms with Crippen molar-refractivity contribution in [2.75, 3.05) is 26.2 Å². The fraction of sp³-hybridized carbons (Fsp3) is 0.350. The highest BCUT2D eigenvalue weighted by Crippen LogP contribution is 2.24. The Morgan fingerprint density at radius 1 is 1.18 bits per heavy atom. The van der Waals surface area contributed by atoms with Crippen LogP contribution in [0.5, 0.6) is 0 Å². The highest BCUT2D eigenvalue weighted by atomic mass is 35.5. The number of rotatable bonds is 4. The van der Waals surface area contributed by atoms with E-state index in [4.69, 9.17) is 11.6 Å². The zero-order chi connectivity index (χ0) is 20.3. The third-order valence-electron chi connectivity index (χ3n) is 4.96. The third-order valence-corrected chi connectivity index (χ3v) is 5.21. The van der Waals surface area contributed by atoms with Crippen molar-refractivity contribution >= 4 is 23.2 Å². The Morgan fingerprint density at radius 3 is 2.57 bits per heavy atom. The SMILES string of the molecule is Cc1c(F)cc(C(=O)N2CCCN(Cc3ccc(Cl)cc3)CC2)cc1[N+](=O)[O-]. The summed E-state index contributed by atoms with van der Waals surface area (Å²) in [6.07, 6.45) is 0.774. The molecule has 0 spiro atoms. The van der Waals surface area contributed by atoms with Gasteiger partial charge in [0, 0.05) is 49.4 Å². The van der Waals surface area contributed by atoms with Gasteiger partial charge >= 0.3 is 0 Å². The number of hydrogen-bond donors (Lipinski definition) is 0. The molecule has 8 heteroatoms. The van der Waals surface area contributed by atoms with Crippen LogP contribution in [0.1, 0.15) is 27.9 Å². The summed E-state index contributed by atoms with van der Waals surface area (Å²) in [5.74, 6) is -1.12. The Labute approximate surface area is 167 Å². The number of amides is 1. The molecule has 1 fully saturated rings. The van der Waals surface area contributed by atoms with E-state index in [-0.39, 0.29) is 22.7 Å². The highest BCUT2D eigenvalue weighted by molar-refractivity contribution is 6.30. The Morgan fingerprint density at radius 2 is 1.89 bits per heavy atom. The summed E-state index contributed by atoms with van der Waals surface area (Å²) in [7, 11) is 0. The van der Waals surface area contributed by atoms with Crippen LogP contribution in [0.3, 0.4) is 0 Å². The molecule has 1 saturated heterocycles. The monoisotopic (exact) mass is 405 g/mol. The quantitative estimate of drug-likeness (QED) is 0.568. The topological polar surface area (TPSA) is 66.7 Å². The van der Waals surface area contributed by atoms with Crippen molar-refractivity contribution in [3.8, 4) is 0 Å². The minimum Gasteiger partial charge on any atom is -0.337 e. The van der Waals surface area contributed by atoms with Gasteiger partial charge in [-0.1, -0.05) is 23.7 Å². The Hall–Kier alpha value is -2.51. The molecule has 148 valence electrons. The lowest BCUT2D eigenvalue weighted by Gasteiger charge is -2.22. The van der Waals surface area contributed by atoms with Crippen LogP contribution in [0.25, 0.3) is 0 Å². The van der Waals surface area contributed by atoms with Crippen molar-refractivity contribution in [2.45, 2.75) is 19.9 Å². The minimum atomic E-state index is -0.739. The van der Waals surface area contributed by atoms with Crippen molar-refractivity contribution in [1.82, 2.24) is 9.80 Å². The van der Waals surface area contributed by atoms with Gasteiger partial charge in [0.1, 0.15) is 5.82 Å². The smallest absolute Gasteiger partial charge is 0.276 e. The molecule has 3 rings (SSSR count). The fourth-order valence-electron chi connectivity index (χ4n) is 3.34. The zero-order valence-electron chi connectivity index (χ0n) is 15.5. The molecule has 0 atom stereocenters. The number of halogens is 2. The van der Waals surface area contributed by atoms with E-state index < -0.39 is 10.7 Å². The van der Waals surface area contributed by atoms with Crippen molar-refractivity contribution in [3.05, 3.63) is 74.0 Å². The lowest BCUT2D eigenvalue weighted by molar-refractivity contribution is -0.385. The lowest BCUT2D eigenvalue weighted by atomic mass is 10.1. The molecule has 0 bridgehead atoms. The van der Waals surface area contributed by atoms with Gasteiger partial charge in [0.15, 0.2) is 0 Å². The second-order valence-electron chi connectivity index (χ2n) is 6.91. The summed E-state index contributed by atoms with van der Waals surface area (Å²) in [5.41, 5.74) is 0.718. The predicted molar refractivity (Wildman–Crippen MR) is 105 cm³/mol. The number of carbonyl (C=O) groups is 1. The highest BCUT2D eigenvalue weighted by Gasteiger charge is 2.24. The molecule has 28 heavy (non-hydrogen) atoms. The maximum absolute atomic E-state index is 14.0. The Bertz CT molecular complexity index is 889. The maximum atomic E-state index is 14.0. The van der Waals surface area contributed by atoms with Crippen LogP contribution in [0.4, 0.5) is 10.1 Å². The molecule has 6 nitrogen and oxygen atoms in total. The van der Waals surface area contributed by atoms with Crippen molar-refractivity contribution < 1.29 is 14.1 Å². The largest absolute Gasteiger partial charge is 0.337 e. The zero-order valence-corrected chi connectivity index (χ0v) is 16.3. The van der Waals surface area contributed by atoms with E-state index in [1.165, 1.54) is 6.92 Å².